The van der Waals surface area contributed by atoms with E-state index in [1.807, 2.05) is 12.4 Å². The third-order valence-electron chi connectivity index (χ3n) is 4.35. The van der Waals surface area contributed by atoms with E-state index in [-0.39, 0.29) is 0 Å². The van der Waals surface area contributed by atoms with E-state index >= 15 is 0 Å². The molecule has 3 rings (SSSR count). The van der Waals surface area contributed by atoms with E-state index < -0.39 is 0 Å². The molecule has 0 aliphatic carbocycles. The quantitative estimate of drug-likeness (QED) is 0.909. The molecule has 1 N–H and O–H groups in total. The summed E-state index contributed by atoms with van der Waals surface area (Å²) in [6.07, 6.45) is 6.59. The van der Waals surface area contributed by atoms with Crippen LogP contribution in [-0.4, -0.2) is 24.2 Å². The number of rotatable bonds is 5. The highest BCUT2D eigenvalue weighted by Gasteiger charge is 2.31. The van der Waals surface area contributed by atoms with Crippen molar-refractivity contribution in [2.45, 2.75) is 38.8 Å². The van der Waals surface area contributed by atoms with Crippen LogP contribution in [0.4, 0.5) is 0 Å². The van der Waals surface area contributed by atoms with E-state index in [4.69, 9.17) is 4.74 Å². The molecule has 0 saturated carbocycles. The van der Waals surface area contributed by atoms with Gasteiger partial charge in [-0.1, -0.05) is 31.2 Å². The van der Waals surface area contributed by atoms with Gasteiger partial charge in [0.05, 0.1) is 12.7 Å². The van der Waals surface area contributed by atoms with Crippen molar-refractivity contribution >= 4 is 10.8 Å². The van der Waals surface area contributed by atoms with Gasteiger partial charge in [0.15, 0.2) is 0 Å². The van der Waals surface area contributed by atoms with Crippen LogP contribution >= 0.6 is 0 Å². The molecule has 1 fully saturated rings. The Kier molecular flexibility index (Phi) is 4.51. The van der Waals surface area contributed by atoms with Crippen molar-refractivity contribution in [3.8, 4) is 0 Å². The molecule has 0 spiro atoms. The van der Waals surface area contributed by atoms with Crippen molar-refractivity contribution in [1.82, 2.24) is 10.3 Å². The zero-order chi connectivity index (χ0) is 14.7. The van der Waals surface area contributed by atoms with Crippen LogP contribution < -0.4 is 5.32 Å². The van der Waals surface area contributed by atoms with Gasteiger partial charge in [0, 0.05) is 29.7 Å². The predicted molar refractivity (Wildman–Crippen MR) is 86.3 cm³/mol. The van der Waals surface area contributed by atoms with Crippen molar-refractivity contribution in [3.63, 3.8) is 0 Å². The monoisotopic (exact) mass is 284 g/mol. The van der Waals surface area contributed by atoms with Crippen LogP contribution in [0.1, 0.15) is 38.3 Å². The number of nitrogens with zero attached hydrogens (tertiary/aromatic N) is 1. The summed E-state index contributed by atoms with van der Waals surface area (Å²) in [4.78, 5) is 4.45. The number of nitrogens with one attached hydrogen (secondary N) is 1. The summed E-state index contributed by atoms with van der Waals surface area (Å²) in [7, 11) is 0. The molecule has 2 heterocycles. The standard InChI is InChI=1S/C18H24N2O/c1-3-8-20-18(15-9-13(2)21-12-15)17-11-19-10-14-6-4-5-7-16(14)17/h4-7,10-11,13,15,18,20H,3,8-9,12H2,1-2H3. The Hall–Kier alpha value is -1.45. The first-order valence-corrected chi connectivity index (χ1v) is 7.97. The maximum absolute atomic E-state index is 5.80. The van der Waals surface area contributed by atoms with Gasteiger partial charge in [0.1, 0.15) is 0 Å². The van der Waals surface area contributed by atoms with Crippen molar-refractivity contribution in [3.05, 3.63) is 42.2 Å². The molecule has 3 unspecified atom stereocenters. The van der Waals surface area contributed by atoms with Gasteiger partial charge in [0.25, 0.3) is 0 Å². The van der Waals surface area contributed by atoms with E-state index in [0.717, 1.165) is 26.0 Å². The maximum atomic E-state index is 5.80. The predicted octanol–water partition coefficient (Wildman–Crippen LogP) is 3.70. The molecule has 2 aromatic rings. The zero-order valence-electron chi connectivity index (χ0n) is 12.9. The number of aromatic nitrogens is 1. The Morgan fingerprint density at radius 2 is 2.19 bits per heavy atom. The van der Waals surface area contributed by atoms with E-state index in [0.29, 0.717) is 18.1 Å². The number of hydrogen-bond donors (Lipinski definition) is 1. The molecule has 0 radical (unpaired) electrons. The molecule has 3 atom stereocenters. The summed E-state index contributed by atoms with van der Waals surface area (Å²) in [6.45, 7) is 6.24. The molecule has 1 aliphatic heterocycles. The second-order valence-corrected chi connectivity index (χ2v) is 6.02. The summed E-state index contributed by atoms with van der Waals surface area (Å²) in [6, 6.07) is 8.84. The Morgan fingerprint density at radius 1 is 1.33 bits per heavy atom. The first-order valence-electron chi connectivity index (χ1n) is 7.97. The fourth-order valence-corrected chi connectivity index (χ4v) is 3.30. The lowest BCUT2D eigenvalue weighted by molar-refractivity contribution is 0.117. The largest absolute Gasteiger partial charge is 0.378 e. The van der Waals surface area contributed by atoms with Gasteiger partial charge in [-0.15, -0.1) is 0 Å². The molecule has 3 heteroatoms. The summed E-state index contributed by atoms with van der Waals surface area (Å²) >= 11 is 0. The van der Waals surface area contributed by atoms with Crippen LogP contribution in [0, 0.1) is 5.92 Å². The molecule has 1 aromatic heterocycles. The molecule has 21 heavy (non-hydrogen) atoms. The third-order valence-corrected chi connectivity index (χ3v) is 4.35. The summed E-state index contributed by atoms with van der Waals surface area (Å²) in [5, 5.41) is 6.24. The highest BCUT2D eigenvalue weighted by molar-refractivity contribution is 5.85. The van der Waals surface area contributed by atoms with Crippen LogP contribution in [-0.2, 0) is 4.74 Å². The molecule has 1 aromatic carbocycles. The van der Waals surface area contributed by atoms with Gasteiger partial charge in [-0.3, -0.25) is 4.98 Å². The minimum Gasteiger partial charge on any atom is -0.378 e. The molecular weight excluding hydrogens is 260 g/mol. The minimum absolute atomic E-state index is 0.327. The summed E-state index contributed by atoms with van der Waals surface area (Å²) in [5.74, 6) is 0.527. The Bertz CT molecular complexity index is 593. The smallest absolute Gasteiger partial charge is 0.0551 e. The van der Waals surface area contributed by atoms with Gasteiger partial charge >= 0.3 is 0 Å². The maximum Gasteiger partial charge on any atom is 0.0551 e. The number of pyridine rings is 1. The fourth-order valence-electron chi connectivity index (χ4n) is 3.30. The van der Waals surface area contributed by atoms with Crippen molar-refractivity contribution in [1.29, 1.82) is 0 Å². The highest BCUT2D eigenvalue weighted by Crippen LogP contribution is 2.34. The Morgan fingerprint density at radius 3 is 2.95 bits per heavy atom. The SMILES string of the molecule is CCCNC(c1cncc2ccccc12)C1COC(C)C1. The number of fused-ring (bicyclic) bond motifs is 1. The van der Waals surface area contributed by atoms with Crippen LogP contribution in [0.15, 0.2) is 36.7 Å². The first-order chi connectivity index (χ1) is 10.3. The molecule has 1 aliphatic rings. The Balaban J connectivity index is 1.97. The average molecular weight is 284 g/mol. The van der Waals surface area contributed by atoms with Crippen LogP contribution in [0.5, 0.6) is 0 Å². The zero-order valence-corrected chi connectivity index (χ0v) is 12.9. The molecule has 0 bridgehead atoms. The average Bonchev–Trinajstić information content (AvgIpc) is 2.94. The molecule has 0 amide bonds. The van der Waals surface area contributed by atoms with E-state index in [1.54, 1.807) is 0 Å². The number of hydrogen-bond acceptors (Lipinski definition) is 3. The van der Waals surface area contributed by atoms with Crippen molar-refractivity contribution in [2.75, 3.05) is 13.2 Å². The molecular formula is C18H24N2O. The fraction of sp³-hybridized carbons (Fsp3) is 0.500. The molecule has 1 saturated heterocycles. The minimum atomic E-state index is 0.327. The lowest BCUT2D eigenvalue weighted by Gasteiger charge is -2.25. The van der Waals surface area contributed by atoms with Gasteiger partial charge in [-0.25, -0.2) is 0 Å². The van der Waals surface area contributed by atoms with Crippen LogP contribution in [0.2, 0.25) is 0 Å². The highest BCUT2D eigenvalue weighted by atomic mass is 16.5. The second kappa shape index (κ2) is 6.54. The summed E-state index contributed by atoms with van der Waals surface area (Å²) < 4.78 is 5.80. The molecule has 3 nitrogen and oxygen atoms in total. The van der Waals surface area contributed by atoms with E-state index in [9.17, 15) is 0 Å². The molecule has 112 valence electrons. The van der Waals surface area contributed by atoms with Crippen molar-refractivity contribution in [2.24, 2.45) is 5.92 Å². The number of benzene rings is 1. The van der Waals surface area contributed by atoms with Gasteiger partial charge in [0.2, 0.25) is 0 Å². The van der Waals surface area contributed by atoms with Crippen molar-refractivity contribution < 1.29 is 4.74 Å². The first kappa shape index (κ1) is 14.5. The van der Waals surface area contributed by atoms with E-state index in [1.165, 1.54) is 16.3 Å². The summed E-state index contributed by atoms with van der Waals surface area (Å²) in [5.41, 5.74) is 1.31. The number of ether oxygens (including phenoxy) is 1. The Labute approximate surface area is 126 Å². The van der Waals surface area contributed by atoms with Gasteiger partial charge < -0.3 is 10.1 Å². The van der Waals surface area contributed by atoms with Gasteiger partial charge in [-0.05, 0) is 37.3 Å². The van der Waals surface area contributed by atoms with Crippen LogP contribution in [0.25, 0.3) is 10.8 Å². The lowest BCUT2D eigenvalue weighted by atomic mass is 9.89. The second-order valence-electron chi connectivity index (χ2n) is 6.02. The lowest BCUT2D eigenvalue weighted by Crippen LogP contribution is -2.29. The van der Waals surface area contributed by atoms with Crippen LogP contribution in [0.3, 0.4) is 0 Å². The topological polar surface area (TPSA) is 34.2 Å². The third kappa shape index (κ3) is 3.09. The normalized spacial score (nSPS) is 23.5. The van der Waals surface area contributed by atoms with Gasteiger partial charge in [-0.2, -0.15) is 0 Å². The van der Waals surface area contributed by atoms with E-state index in [2.05, 4.69) is 48.4 Å².